The second-order valence-electron chi connectivity index (χ2n) is 16.1. The van der Waals surface area contributed by atoms with E-state index >= 15 is 0 Å². The van der Waals surface area contributed by atoms with E-state index in [1.807, 2.05) is 12.1 Å². The number of hydrogen-bond donors (Lipinski definition) is 0. The van der Waals surface area contributed by atoms with Gasteiger partial charge in [0.05, 0.1) is 22.4 Å². The van der Waals surface area contributed by atoms with E-state index in [0.29, 0.717) is 0 Å². The highest BCUT2D eigenvalue weighted by atomic mass is 16.3. The van der Waals surface area contributed by atoms with Crippen molar-refractivity contribution >= 4 is 60.8 Å². The molecule has 0 aliphatic rings. The van der Waals surface area contributed by atoms with Gasteiger partial charge in [-0.2, -0.15) is 0 Å². The van der Waals surface area contributed by atoms with Gasteiger partial charge in [-0.1, -0.05) is 182 Å². The van der Waals surface area contributed by atoms with Crippen LogP contribution in [0.4, 0.5) is 17.1 Å². The Kier molecular flexibility index (Phi) is 8.83. The average Bonchev–Trinajstić information content (AvgIpc) is 3.91. The fourth-order valence-corrected chi connectivity index (χ4v) is 9.48. The summed E-state index contributed by atoms with van der Waals surface area (Å²) in [6.45, 7) is 0. The van der Waals surface area contributed by atoms with Crippen molar-refractivity contribution in [2.24, 2.45) is 0 Å². The highest BCUT2D eigenvalue weighted by molar-refractivity contribution is 6.11. The molecule has 0 saturated heterocycles. The zero-order chi connectivity index (χ0) is 41.7. The minimum absolute atomic E-state index is 0.899. The van der Waals surface area contributed by atoms with Crippen LogP contribution in [-0.4, -0.2) is 4.57 Å². The number of anilines is 3. The Balaban J connectivity index is 1.01. The molecular weight excluding hydrogens is 765 g/mol. The number of benzene rings is 10. The van der Waals surface area contributed by atoms with E-state index in [4.69, 9.17) is 4.42 Å². The fraction of sp³-hybridized carbons (Fsp3) is 0. The summed E-state index contributed by atoms with van der Waals surface area (Å²) in [6, 6.07) is 87.1. The van der Waals surface area contributed by atoms with Crippen LogP contribution in [0.2, 0.25) is 0 Å². The first-order valence-corrected chi connectivity index (χ1v) is 21.5. The number of fused-ring (bicyclic) bond motifs is 6. The van der Waals surface area contributed by atoms with E-state index in [0.717, 1.165) is 72.5 Å². The van der Waals surface area contributed by atoms with Crippen LogP contribution in [0.15, 0.2) is 247 Å². The first kappa shape index (κ1) is 36.5. The maximum atomic E-state index is 6.48. The molecule has 0 N–H and O–H groups in total. The summed E-state index contributed by atoms with van der Waals surface area (Å²) >= 11 is 0. The molecule has 12 rings (SSSR count). The van der Waals surface area contributed by atoms with Gasteiger partial charge in [0, 0.05) is 49.6 Å². The second-order valence-corrected chi connectivity index (χ2v) is 16.1. The van der Waals surface area contributed by atoms with E-state index in [9.17, 15) is 0 Å². The first-order chi connectivity index (χ1) is 31.3. The van der Waals surface area contributed by atoms with Crippen LogP contribution in [0, 0.1) is 0 Å². The quantitative estimate of drug-likeness (QED) is 0.153. The number of aromatic nitrogens is 1. The molecule has 10 aromatic carbocycles. The molecular formula is C60H40N2O. The predicted molar refractivity (Wildman–Crippen MR) is 264 cm³/mol. The lowest BCUT2D eigenvalue weighted by atomic mass is 9.97. The van der Waals surface area contributed by atoms with Crippen LogP contribution >= 0.6 is 0 Å². The highest BCUT2D eigenvalue weighted by Crippen LogP contribution is 2.45. The topological polar surface area (TPSA) is 21.3 Å². The molecule has 3 nitrogen and oxygen atoms in total. The molecule has 0 aliphatic heterocycles. The van der Waals surface area contributed by atoms with Crippen LogP contribution in [0.5, 0.6) is 0 Å². The normalized spacial score (nSPS) is 11.5. The van der Waals surface area contributed by atoms with Gasteiger partial charge in [0.2, 0.25) is 0 Å². The van der Waals surface area contributed by atoms with Crippen molar-refractivity contribution in [2.45, 2.75) is 0 Å². The summed E-state index contributed by atoms with van der Waals surface area (Å²) < 4.78 is 8.91. The molecule has 0 fully saturated rings. The molecule has 296 valence electrons. The molecule has 0 unspecified atom stereocenters. The van der Waals surface area contributed by atoms with E-state index in [1.54, 1.807) is 0 Å². The lowest BCUT2D eigenvalue weighted by Crippen LogP contribution is -2.11. The van der Waals surface area contributed by atoms with Gasteiger partial charge in [-0.05, 0) is 88.5 Å². The third kappa shape index (κ3) is 6.29. The molecule has 0 spiro atoms. The Labute approximate surface area is 366 Å². The van der Waals surface area contributed by atoms with Crippen LogP contribution in [0.25, 0.3) is 93.9 Å². The van der Waals surface area contributed by atoms with Gasteiger partial charge in [0.1, 0.15) is 11.2 Å². The van der Waals surface area contributed by atoms with Crippen LogP contribution < -0.4 is 4.90 Å². The van der Waals surface area contributed by atoms with E-state index in [1.165, 1.54) is 38.5 Å². The van der Waals surface area contributed by atoms with Gasteiger partial charge in [-0.25, -0.2) is 0 Å². The maximum absolute atomic E-state index is 6.48. The van der Waals surface area contributed by atoms with Gasteiger partial charge in [0.15, 0.2) is 0 Å². The van der Waals surface area contributed by atoms with Gasteiger partial charge >= 0.3 is 0 Å². The van der Waals surface area contributed by atoms with Crippen molar-refractivity contribution in [3.8, 4) is 50.2 Å². The number of para-hydroxylation sites is 6. The van der Waals surface area contributed by atoms with Gasteiger partial charge in [-0.15, -0.1) is 0 Å². The summed E-state index contributed by atoms with van der Waals surface area (Å²) in [5.74, 6) is 0. The molecule has 63 heavy (non-hydrogen) atoms. The molecule has 12 aromatic rings. The van der Waals surface area contributed by atoms with Crippen molar-refractivity contribution < 1.29 is 4.42 Å². The standard InChI is InChI=1S/C60H40N2O/c1-2-16-41(17-3-1)44-18-14-19-45(40-44)42-32-36-46(37-33-42)61(47-38-34-43(35-39-47)48-25-15-26-54-53-24-8-13-31-59(53)63-60(48)54)55-27-9-4-20-49(55)50-21-5-10-28-56(50)62-57-29-11-6-22-51(57)52-23-7-12-30-58(52)62/h1-40H. The maximum Gasteiger partial charge on any atom is 0.143 e. The van der Waals surface area contributed by atoms with Gasteiger partial charge in [-0.3, -0.25) is 0 Å². The minimum atomic E-state index is 0.899. The largest absolute Gasteiger partial charge is 0.455 e. The van der Waals surface area contributed by atoms with Crippen molar-refractivity contribution in [2.75, 3.05) is 4.90 Å². The molecule has 0 bridgehead atoms. The molecule has 0 saturated carbocycles. The molecule has 0 amide bonds. The molecule has 0 atom stereocenters. The molecule has 0 radical (unpaired) electrons. The Morgan fingerprint density at radius 3 is 1.52 bits per heavy atom. The first-order valence-electron chi connectivity index (χ1n) is 21.5. The number of rotatable bonds is 8. The Bertz CT molecular complexity index is 3560. The van der Waals surface area contributed by atoms with Gasteiger partial charge < -0.3 is 13.9 Å². The summed E-state index contributed by atoms with van der Waals surface area (Å²) in [6.07, 6.45) is 0. The Morgan fingerprint density at radius 2 is 0.810 bits per heavy atom. The van der Waals surface area contributed by atoms with Crippen molar-refractivity contribution in [3.05, 3.63) is 243 Å². The second kappa shape index (κ2) is 15.3. The zero-order valence-electron chi connectivity index (χ0n) is 34.4. The smallest absolute Gasteiger partial charge is 0.143 e. The fourth-order valence-electron chi connectivity index (χ4n) is 9.48. The lowest BCUT2D eigenvalue weighted by molar-refractivity contribution is 0.670. The van der Waals surface area contributed by atoms with Gasteiger partial charge in [0.25, 0.3) is 0 Å². The van der Waals surface area contributed by atoms with Crippen LogP contribution in [-0.2, 0) is 0 Å². The zero-order valence-corrected chi connectivity index (χ0v) is 34.4. The highest BCUT2D eigenvalue weighted by Gasteiger charge is 2.22. The SMILES string of the molecule is c1ccc(-c2cccc(-c3ccc(N(c4ccc(-c5cccc6c5oc5ccccc56)cc4)c4ccccc4-c4ccccc4-n4c5ccccc5c5ccccc54)cc3)c2)cc1. The summed E-state index contributed by atoms with van der Waals surface area (Å²) in [5, 5.41) is 4.74. The number of nitrogens with zero attached hydrogens (tertiary/aromatic N) is 2. The minimum Gasteiger partial charge on any atom is -0.455 e. The van der Waals surface area contributed by atoms with Crippen LogP contribution in [0.3, 0.4) is 0 Å². The molecule has 0 aliphatic carbocycles. The summed E-state index contributed by atoms with van der Waals surface area (Å²) in [4.78, 5) is 2.40. The lowest BCUT2D eigenvalue weighted by Gasteiger charge is -2.29. The molecule has 3 heteroatoms. The number of hydrogen-bond acceptors (Lipinski definition) is 2. The molecule has 2 heterocycles. The van der Waals surface area contributed by atoms with E-state index < -0.39 is 0 Å². The summed E-state index contributed by atoms with van der Waals surface area (Å²) in [5.41, 5.74) is 17.7. The van der Waals surface area contributed by atoms with E-state index in [2.05, 4.69) is 240 Å². The summed E-state index contributed by atoms with van der Waals surface area (Å²) in [7, 11) is 0. The average molecular weight is 805 g/mol. The van der Waals surface area contributed by atoms with E-state index in [-0.39, 0.29) is 0 Å². The van der Waals surface area contributed by atoms with Crippen molar-refractivity contribution in [1.82, 2.24) is 4.57 Å². The Hall–Kier alpha value is -8.40. The monoisotopic (exact) mass is 804 g/mol. The third-order valence-electron chi connectivity index (χ3n) is 12.4. The van der Waals surface area contributed by atoms with Crippen molar-refractivity contribution in [3.63, 3.8) is 0 Å². The predicted octanol–water partition coefficient (Wildman–Crippen LogP) is 16.8. The Morgan fingerprint density at radius 1 is 0.317 bits per heavy atom. The number of furan rings is 1. The molecule has 2 aromatic heterocycles. The van der Waals surface area contributed by atoms with Crippen molar-refractivity contribution in [1.29, 1.82) is 0 Å². The van der Waals surface area contributed by atoms with Crippen LogP contribution in [0.1, 0.15) is 0 Å². The third-order valence-corrected chi connectivity index (χ3v) is 12.4.